The summed E-state index contributed by atoms with van der Waals surface area (Å²) in [7, 11) is 4.34. The molecule has 28 heavy (non-hydrogen) atoms. The number of likely N-dealkylation sites (tertiary alicyclic amines) is 1. The molecule has 5 rings (SSSR count). The van der Waals surface area contributed by atoms with Crippen LogP contribution in [0.4, 0.5) is 0 Å². The molecule has 0 aliphatic carbocycles. The first-order valence-electron chi connectivity index (χ1n) is 10.6. The van der Waals surface area contributed by atoms with Gasteiger partial charge >= 0.3 is 0 Å². The molecule has 0 N–H and O–H groups in total. The number of carbonyl (C=O) groups excluding carboxylic acids is 1. The molecule has 0 aromatic carbocycles. The molecule has 7 heteroatoms. The fourth-order valence-corrected chi connectivity index (χ4v) is 5.87. The predicted molar refractivity (Wildman–Crippen MR) is 107 cm³/mol. The van der Waals surface area contributed by atoms with Crippen molar-refractivity contribution in [3.8, 4) is 0 Å². The summed E-state index contributed by atoms with van der Waals surface area (Å²) in [6.07, 6.45) is 6.70. The monoisotopic (exact) mass is 382 g/mol. The van der Waals surface area contributed by atoms with E-state index in [1.54, 1.807) is 4.52 Å². The van der Waals surface area contributed by atoms with Crippen molar-refractivity contribution in [1.29, 1.82) is 0 Å². The maximum Gasteiger partial charge on any atom is 0.272 e. The number of nitrogens with zero attached hydrogens (tertiary/aromatic N) is 6. The Hall–Kier alpha value is -1.99. The Morgan fingerprint density at radius 3 is 2.93 bits per heavy atom. The Kier molecular flexibility index (Phi) is 4.59. The third kappa shape index (κ3) is 3.01. The smallest absolute Gasteiger partial charge is 0.272 e. The van der Waals surface area contributed by atoms with Gasteiger partial charge in [-0.25, -0.2) is 9.50 Å². The lowest BCUT2D eigenvalue weighted by atomic mass is 9.72. The van der Waals surface area contributed by atoms with Crippen molar-refractivity contribution in [3.05, 3.63) is 30.2 Å². The predicted octanol–water partition coefficient (Wildman–Crippen LogP) is 1.61. The molecule has 3 aliphatic heterocycles. The molecule has 7 nitrogen and oxygen atoms in total. The molecule has 4 atom stereocenters. The van der Waals surface area contributed by atoms with Gasteiger partial charge in [0.1, 0.15) is 12.0 Å². The van der Waals surface area contributed by atoms with Gasteiger partial charge in [-0.3, -0.25) is 9.69 Å². The number of likely N-dealkylation sites (N-methyl/N-ethyl adjacent to an activating group) is 1. The molecule has 3 saturated heterocycles. The molecule has 3 fully saturated rings. The molecule has 150 valence electrons. The van der Waals surface area contributed by atoms with Crippen molar-refractivity contribution in [2.24, 2.45) is 11.8 Å². The first-order chi connectivity index (χ1) is 13.6. The minimum Gasteiger partial charge on any atom is -0.337 e. The average molecular weight is 383 g/mol. The highest BCUT2D eigenvalue weighted by atomic mass is 16.2. The number of rotatable bonds is 3. The van der Waals surface area contributed by atoms with E-state index in [1.807, 2.05) is 18.2 Å². The van der Waals surface area contributed by atoms with E-state index < -0.39 is 0 Å². The Morgan fingerprint density at radius 1 is 1.21 bits per heavy atom. The quantitative estimate of drug-likeness (QED) is 0.807. The lowest BCUT2D eigenvalue weighted by Gasteiger charge is -2.57. The van der Waals surface area contributed by atoms with Gasteiger partial charge in [-0.15, -0.1) is 0 Å². The second-order valence-corrected chi connectivity index (χ2v) is 9.04. The number of aromatic nitrogens is 3. The van der Waals surface area contributed by atoms with Crippen molar-refractivity contribution in [2.75, 3.05) is 40.3 Å². The lowest BCUT2D eigenvalue weighted by molar-refractivity contribution is -0.0704. The van der Waals surface area contributed by atoms with Gasteiger partial charge in [0.25, 0.3) is 5.91 Å². The number of piperidine rings is 3. The fourth-order valence-electron chi connectivity index (χ4n) is 5.87. The minimum atomic E-state index is 0.0960. The maximum absolute atomic E-state index is 13.4. The van der Waals surface area contributed by atoms with Gasteiger partial charge in [-0.1, -0.05) is 12.5 Å². The molecule has 0 spiro atoms. The molecule has 0 unspecified atom stereocenters. The van der Waals surface area contributed by atoms with E-state index in [-0.39, 0.29) is 5.91 Å². The summed E-state index contributed by atoms with van der Waals surface area (Å²) in [6.45, 7) is 4.02. The van der Waals surface area contributed by atoms with Crippen LogP contribution in [0.5, 0.6) is 0 Å². The van der Waals surface area contributed by atoms with Crippen LogP contribution in [-0.4, -0.2) is 87.6 Å². The van der Waals surface area contributed by atoms with Gasteiger partial charge < -0.3 is 9.80 Å². The first-order valence-corrected chi connectivity index (χ1v) is 10.6. The van der Waals surface area contributed by atoms with E-state index in [0.29, 0.717) is 29.6 Å². The van der Waals surface area contributed by atoms with Crippen LogP contribution in [0.3, 0.4) is 0 Å². The summed E-state index contributed by atoms with van der Waals surface area (Å²) < 4.78 is 1.68. The van der Waals surface area contributed by atoms with Crippen molar-refractivity contribution >= 4 is 11.6 Å². The Labute approximate surface area is 166 Å². The van der Waals surface area contributed by atoms with E-state index in [9.17, 15) is 4.79 Å². The molecule has 1 amide bonds. The van der Waals surface area contributed by atoms with Gasteiger partial charge in [0, 0.05) is 31.7 Å². The Balaban J connectivity index is 1.44. The van der Waals surface area contributed by atoms with Crippen molar-refractivity contribution in [2.45, 2.75) is 37.8 Å². The molecule has 2 aromatic heterocycles. The number of fused-ring (bicyclic) bond motifs is 5. The van der Waals surface area contributed by atoms with E-state index in [2.05, 4.69) is 38.9 Å². The summed E-state index contributed by atoms with van der Waals surface area (Å²) >= 11 is 0. The van der Waals surface area contributed by atoms with Gasteiger partial charge in [0.2, 0.25) is 0 Å². The Morgan fingerprint density at radius 2 is 2.07 bits per heavy atom. The van der Waals surface area contributed by atoms with Gasteiger partial charge in [-0.2, -0.15) is 5.10 Å². The topological polar surface area (TPSA) is 57.0 Å². The highest BCUT2D eigenvalue weighted by molar-refractivity contribution is 5.93. The number of amides is 1. The SMILES string of the molecule is CN(C)C[C@H]1[C@H]2C[C@H](CN(C(=O)c3cccc4ncnn34)C2)[C@@H]2CCCCN21. The van der Waals surface area contributed by atoms with Crippen LogP contribution >= 0.6 is 0 Å². The number of pyridine rings is 1. The zero-order chi connectivity index (χ0) is 19.3. The highest BCUT2D eigenvalue weighted by Gasteiger charge is 2.48. The standard InChI is InChI=1S/C21H30N6O/c1-24(2)13-19-16-10-15(17-6-3-4-9-26(17)19)11-25(12-16)21(28)18-7-5-8-20-22-14-23-27(18)20/h5,7-8,14-17,19H,3-4,6,9-13H2,1-2H3/t15-,16+,17+,19+/m1/s1. The molecule has 2 bridgehead atoms. The van der Waals surface area contributed by atoms with Gasteiger partial charge in [0.05, 0.1) is 0 Å². The average Bonchev–Trinajstić information content (AvgIpc) is 3.19. The molecular formula is C21H30N6O. The van der Waals surface area contributed by atoms with Crippen LogP contribution in [0.2, 0.25) is 0 Å². The van der Waals surface area contributed by atoms with Crippen LogP contribution in [0.1, 0.15) is 36.2 Å². The molecule has 0 saturated carbocycles. The summed E-state index contributed by atoms with van der Waals surface area (Å²) in [4.78, 5) is 24.9. The van der Waals surface area contributed by atoms with Crippen LogP contribution in [-0.2, 0) is 0 Å². The third-order valence-corrected chi connectivity index (χ3v) is 6.98. The largest absolute Gasteiger partial charge is 0.337 e. The molecular weight excluding hydrogens is 352 g/mol. The zero-order valence-electron chi connectivity index (χ0n) is 16.9. The van der Waals surface area contributed by atoms with Crippen LogP contribution in [0.15, 0.2) is 24.5 Å². The van der Waals surface area contributed by atoms with Crippen molar-refractivity contribution < 1.29 is 4.79 Å². The highest BCUT2D eigenvalue weighted by Crippen LogP contribution is 2.41. The van der Waals surface area contributed by atoms with Crippen LogP contribution in [0, 0.1) is 11.8 Å². The summed E-state index contributed by atoms with van der Waals surface area (Å²) in [6, 6.07) is 6.85. The second-order valence-electron chi connectivity index (χ2n) is 9.04. The molecule has 2 aromatic rings. The maximum atomic E-state index is 13.4. The zero-order valence-corrected chi connectivity index (χ0v) is 16.9. The first kappa shape index (κ1) is 18.1. The minimum absolute atomic E-state index is 0.0960. The number of carbonyl (C=O) groups is 1. The second kappa shape index (κ2) is 7.12. The lowest BCUT2D eigenvalue weighted by Crippen LogP contribution is -2.66. The summed E-state index contributed by atoms with van der Waals surface area (Å²) in [5.74, 6) is 1.24. The number of hydrogen-bond donors (Lipinski definition) is 0. The fraction of sp³-hybridized carbons (Fsp3) is 0.667. The molecule has 5 heterocycles. The van der Waals surface area contributed by atoms with E-state index >= 15 is 0 Å². The van der Waals surface area contributed by atoms with Crippen LogP contribution < -0.4 is 0 Å². The van der Waals surface area contributed by atoms with Crippen LogP contribution in [0.25, 0.3) is 5.65 Å². The van der Waals surface area contributed by atoms with Crippen molar-refractivity contribution in [1.82, 2.24) is 29.3 Å². The van der Waals surface area contributed by atoms with Gasteiger partial charge in [0.15, 0.2) is 5.65 Å². The third-order valence-electron chi connectivity index (χ3n) is 6.98. The molecule has 0 radical (unpaired) electrons. The normalized spacial score (nSPS) is 30.6. The number of hydrogen-bond acceptors (Lipinski definition) is 5. The molecule has 3 aliphatic rings. The summed E-state index contributed by atoms with van der Waals surface area (Å²) in [5, 5.41) is 4.27. The van der Waals surface area contributed by atoms with E-state index in [0.717, 1.165) is 25.3 Å². The van der Waals surface area contributed by atoms with Gasteiger partial charge in [-0.05, 0) is 63.9 Å². The summed E-state index contributed by atoms with van der Waals surface area (Å²) in [5.41, 5.74) is 1.35. The van der Waals surface area contributed by atoms with E-state index in [4.69, 9.17) is 0 Å². The van der Waals surface area contributed by atoms with E-state index in [1.165, 1.54) is 38.6 Å². The Bertz CT molecular complexity index is 863. The van der Waals surface area contributed by atoms with Crippen molar-refractivity contribution in [3.63, 3.8) is 0 Å².